The molecule has 0 aliphatic heterocycles. The summed E-state index contributed by atoms with van der Waals surface area (Å²) in [5.74, 6) is 0. The van der Waals surface area contributed by atoms with E-state index in [1.807, 2.05) is 0 Å². The lowest BCUT2D eigenvalue weighted by atomic mass is 10.3. The van der Waals surface area contributed by atoms with Crippen LogP contribution in [0.1, 0.15) is 0 Å². The van der Waals surface area contributed by atoms with Crippen LogP contribution in [0.2, 0.25) is 0 Å². The van der Waals surface area contributed by atoms with E-state index in [4.69, 9.17) is 11.5 Å². The Kier molecular flexibility index (Phi) is 6.26. The SMILES string of the molecule is Nc1ccc(NF)cc1.Nc1cccc(NOC(F)(F)F)c1. The highest BCUT2D eigenvalue weighted by atomic mass is 19.4. The third-order valence-corrected chi connectivity index (χ3v) is 2.19. The molecule has 0 amide bonds. The molecule has 0 spiro atoms. The predicted octanol–water partition coefficient (Wildman–Crippen LogP) is 3.70. The first-order valence-electron chi connectivity index (χ1n) is 5.88. The molecule has 22 heavy (non-hydrogen) atoms. The first kappa shape index (κ1) is 17.4. The fraction of sp³-hybridized carbons (Fsp3) is 0.0769. The Morgan fingerprint density at radius 2 is 1.50 bits per heavy atom. The summed E-state index contributed by atoms with van der Waals surface area (Å²) in [5.41, 5.74) is 15.4. The largest absolute Gasteiger partial charge is 0.543 e. The van der Waals surface area contributed by atoms with Crippen LogP contribution < -0.4 is 22.5 Å². The number of halogens is 4. The molecule has 2 aromatic rings. The maximum absolute atomic E-state index is 11.6. The van der Waals surface area contributed by atoms with Gasteiger partial charge in [0.2, 0.25) is 0 Å². The molecule has 0 unspecified atom stereocenters. The van der Waals surface area contributed by atoms with E-state index >= 15 is 0 Å². The van der Waals surface area contributed by atoms with E-state index in [1.165, 1.54) is 23.7 Å². The van der Waals surface area contributed by atoms with Gasteiger partial charge in [-0.3, -0.25) is 5.48 Å². The Morgan fingerprint density at radius 3 is 2.00 bits per heavy atom. The zero-order chi connectivity index (χ0) is 16.6. The monoisotopic (exact) mass is 318 g/mol. The second-order valence-electron chi connectivity index (χ2n) is 3.99. The van der Waals surface area contributed by atoms with Crippen molar-refractivity contribution >= 4 is 22.7 Å². The number of alkyl halides is 3. The topological polar surface area (TPSA) is 85.3 Å². The zero-order valence-corrected chi connectivity index (χ0v) is 11.2. The molecule has 6 N–H and O–H groups in total. The van der Waals surface area contributed by atoms with E-state index in [1.54, 1.807) is 35.8 Å². The number of rotatable bonds is 3. The average Bonchev–Trinajstić information content (AvgIpc) is 2.46. The van der Waals surface area contributed by atoms with Crippen LogP contribution in [-0.2, 0) is 4.84 Å². The lowest BCUT2D eigenvalue weighted by molar-refractivity contribution is -0.311. The number of hydrogen-bond donors (Lipinski definition) is 4. The van der Waals surface area contributed by atoms with E-state index in [9.17, 15) is 17.7 Å². The Hall–Kier alpha value is -2.68. The van der Waals surface area contributed by atoms with Gasteiger partial charge in [0.15, 0.2) is 0 Å². The fourth-order valence-corrected chi connectivity index (χ4v) is 1.27. The molecule has 120 valence electrons. The minimum absolute atomic E-state index is 0.150. The van der Waals surface area contributed by atoms with Crippen molar-refractivity contribution in [1.29, 1.82) is 0 Å². The normalized spacial score (nSPS) is 10.4. The van der Waals surface area contributed by atoms with Crippen molar-refractivity contribution < 1.29 is 22.5 Å². The summed E-state index contributed by atoms with van der Waals surface area (Å²) in [6.07, 6.45) is -4.70. The molecule has 0 bridgehead atoms. The number of nitrogens with one attached hydrogen (secondary N) is 2. The number of benzene rings is 2. The molecule has 2 rings (SSSR count). The molecular weight excluding hydrogens is 304 g/mol. The van der Waals surface area contributed by atoms with Gasteiger partial charge < -0.3 is 11.5 Å². The highest BCUT2D eigenvalue weighted by Crippen LogP contribution is 2.19. The van der Waals surface area contributed by atoms with E-state index in [-0.39, 0.29) is 5.69 Å². The molecule has 0 atom stereocenters. The van der Waals surface area contributed by atoms with Crippen molar-refractivity contribution in [2.75, 3.05) is 22.5 Å². The van der Waals surface area contributed by atoms with Gasteiger partial charge in [-0.25, -0.2) is 5.54 Å². The Labute approximate surface area is 123 Å². The Balaban J connectivity index is 0.000000235. The molecule has 2 aromatic carbocycles. The van der Waals surface area contributed by atoms with Gasteiger partial charge in [-0.15, -0.1) is 17.7 Å². The summed E-state index contributed by atoms with van der Waals surface area (Å²) in [7, 11) is 0. The summed E-state index contributed by atoms with van der Waals surface area (Å²) in [5, 5.41) is 0. The second-order valence-corrected chi connectivity index (χ2v) is 3.99. The summed E-state index contributed by atoms with van der Waals surface area (Å²) in [4.78, 5) is 3.36. The van der Waals surface area contributed by atoms with Crippen LogP contribution in [0.25, 0.3) is 0 Å². The van der Waals surface area contributed by atoms with Crippen molar-refractivity contribution in [3.05, 3.63) is 48.5 Å². The first-order valence-corrected chi connectivity index (χ1v) is 5.88. The van der Waals surface area contributed by atoms with Gasteiger partial charge >= 0.3 is 6.36 Å². The first-order chi connectivity index (χ1) is 10.3. The van der Waals surface area contributed by atoms with Crippen LogP contribution in [0.5, 0.6) is 0 Å². The number of hydrogen-bond acceptors (Lipinski definition) is 5. The summed E-state index contributed by atoms with van der Waals surface area (Å²) in [6.45, 7) is 0. The van der Waals surface area contributed by atoms with Crippen LogP contribution in [-0.4, -0.2) is 6.36 Å². The van der Waals surface area contributed by atoms with Crippen molar-refractivity contribution in [3.8, 4) is 0 Å². The molecule has 0 aromatic heterocycles. The maximum atomic E-state index is 11.6. The zero-order valence-electron chi connectivity index (χ0n) is 11.2. The van der Waals surface area contributed by atoms with Gasteiger partial charge in [0.25, 0.3) is 0 Å². The summed E-state index contributed by atoms with van der Waals surface area (Å²) >= 11 is 0. The molecule has 0 heterocycles. The lowest BCUT2D eigenvalue weighted by Crippen LogP contribution is -2.17. The molecule has 9 heteroatoms. The van der Waals surface area contributed by atoms with Crippen LogP contribution in [0.4, 0.5) is 40.4 Å². The van der Waals surface area contributed by atoms with Crippen LogP contribution >= 0.6 is 0 Å². The Bertz CT molecular complexity index is 575. The number of nitrogen functional groups attached to an aromatic ring is 2. The number of nitrogens with two attached hydrogens (primary N) is 2. The van der Waals surface area contributed by atoms with Crippen LogP contribution in [0.15, 0.2) is 48.5 Å². The van der Waals surface area contributed by atoms with Crippen LogP contribution in [0, 0.1) is 0 Å². The van der Waals surface area contributed by atoms with Gasteiger partial charge in [-0.2, -0.15) is 4.84 Å². The lowest BCUT2D eigenvalue weighted by Gasteiger charge is -2.08. The molecule has 0 aliphatic carbocycles. The van der Waals surface area contributed by atoms with Gasteiger partial charge in [-0.1, -0.05) is 6.07 Å². The molecular formula is C13H14F4N4O. The molecule has 0 saturated carbocycles. The van der Waals surface area contributed by atoms with E-state index in [2.05, 4.69) is 4.84 Å². The molecule has 5 nitrogen and oxygen atoms in total. The van der Waals surface area contributed by atoms with Crippen molar-refractivity contribution in [2.24, 2.45) is 0 Å². The molecule has 0 radical (unpaired) electrons. The van der Waals surface area contributed by atoms with Gasteiger partial charge in [0.1, 0.15) is 0 Å². The standard InChI is InChI=1S/C7H7F3N2O.C6H7FN2/c8-7(9,10)13-12-6-3-1-2-5(11)4-6;7-9-6-3-1-5(8)2-4-6/h1-4,12H,11H2;1-4,9H,8H2. The second kappa shape index (κ2) is 7.93. The van der Waals surface area contributed by atoms with Gasteiger partial charge in [0, 0.05) is 11.4 Å². The van der Waals surface area contributed by atoms with Crippen molar-refractivity contribution in [2.45, 2.75) is 6.36 Å². The average molecular weight is 318 g/mol. The van der Waals surface area contributed by atoms with E-state index in [0.717, 1.165) is 0 Å². The molecule has 0 fully saturated rings. The highest BCUT2D eigenvalue weighted by molar-refractivity contribution is 5.52. The minimum atomic E-state index is -4.70. The van der Waals surface area contributed by atoms with Crippen molar-refractivity contribution in [1.82, 2.24) is 0 Å². The van der Waals surface area contributed by atoms with Gasteiger partial charge in [-0.05, 0) is 42.5 Å². The third kappa shape index (κ3) is 7.20. The van der Waals surface area contributed by atoms with Crippen LogP contribution in [0.3, 0.4) is 0 Å². The Morgan fingerprint density at radius 1 is 0.864 bits per heavy atom. The maximum Gasteiger partial charge on any atom is 0.543 e. The summed E-state index contributed by atoms with van der Waals surface area (Å²) < 4.78 is 46.1. The summed E-state index contributed by atoms with van der Waals surface area (Å²) in [6, 6.07) is 12.2. The number of anilines is 4. The third-order valence-electron chi connectivity index (χ3n) is 2.19. The smallest absolute Gasteiger partial charge is 0.399 e. The van der Waals surface area contributed by atoms with E-state index in [0.29, 0.717) is 17.1 Å². The fourth-order valence-electron chi connectivity index (χ4n) is 1.27. The highest BCUT2D eigenvalue weighted by Gasteiger charge is 2.30. The predicted molar refractivity (Wildman–Crippen MR) is 77.2 cm³/mol. The molecule has 0 aliphatic rings. The van der Waals surface area contributed by atoms with Gasteiger partial charge in [0.05, 0.1) is 11.4 Å². The van der Waals surface area contributed by atoms with E-state index < -0.39 is 6.36 Å². The quantitative estimate of drug-likeness (QED) is 0.300. The molecule has 0 saturated heterocycles. The minimum Gasteiger partial charge on any atom is -0.399 e. The van der Waals surface area contributed by atoms with Crippen molar-refractivity contribution in [3.63, 3.8) is 0 Å².